The SMILES string of the molecule is Cl.O=C1c2ccccc2C(=O)N1CCCCN1CCN(c2csc3ccccc23)CC1. The number of imide groups is 1. The zero-order valence-electron chi connectivity index (χ0n) is 17.3. The van der Waals surface area contributed by atoms with Crippen molar-refractivity contribution in [2.75, 3.05) is 44.2 Å². The quantitative estimate of drug-likeness (QED) is 0.405. The average molecular weight is 456 g/mol. The van der Waals surface area contributed by atoms with Crippen molar-refractivity contribution >= 4 is 51.3 Å². The van der Waals surface area contributed by atoms with Gasteiger partial charge in [-0.25, -0.2) is 0 Å². The number of benzene rings is 2. The van der Waals surface area contributed by atoms with Gasteiger partial charge in [-0.1, -0.05) is 30.3 Å². The Morgan fingerprint density at radius 1 is 0.774 bits per heavy atom. The van der Waals surface area contributed by atoms with E-state index >= 15 is 0 Å². The van der Waals surface area contributed by atoms with Crippen LogP contribution in [0.3, 0.4) is 0 Å². The molecule has 0 spiro atoms. The third-order valence-electron chi connectivity index (χ3n) is 6.16. The predicted molar refractivity (Wildman–Crippen MR) is 129 cm³/mol. The fraction of sp³-hybridized carbons (Fsp3) is 0.333. The van der Waals surface area contributed by atoms with E-state index in [1.165, 1.54) is 20.7 Å². The van der Waals surface area contributed by atoms with Crippen LogP contribution in [-0.2, 0) is 0 Å². The number of carbonyl (C=O) groups excluding carboxylic acids is 2. The van der Waals surface area contributed by atoms with Crippen molar-refractivity contribution in [3.8, 4) is 0 Å². The summed E-state index contributed by atoms with van der Waals surface area (Å²) < 4.78 is 1.35. The number of thiophene rings is 1. The Kier molecular flexibility index (Phi) is 6.60. The predicted octanol–water partition coefficient (Wildman–Crippen LogP) is 4.52. The highest BCUT2D eigenvalue weighted by molar-refractivity contribution is 7.17. The van der Waals surface area contributed by atoms with Crippen molar-refractivity contribution < 1.29 is 9.59 Å². The van der Waals surface area contributed by atoms with Crippen molar-refractivity contribution in [2.24, 2.45) is 0 Å². The lowest BCUT2D eigenvalue weighted by atomic mass is 10.1. The van der Waals surface area contributed by atoms with E-state index in [9.17, 15) is 9.59 Å². The zero-order valence-corrected chi connectivity index (χ0v) is 19.0. The Morgan fingerprint density at radius 3 is 2.10 bits per heavy atom. The Morgan fingerprint density at radius 2 is 1.39 bits per heavy atom. The van der Waals surface area contributed by atoms with Crippen LogP contribution in [0.25, 0.3) is 10.1 Å². The number of anilines is 1. The second kappa shape index (κ2) is 9.39. The van der Waals surface area contributed by atoms with Gasteiger partial charge in [0.1, 0.15) is 0 Å². The number of amides is 2. The number of piperazine rings is 1. The molecule has 162 valence electrons. The van der Waals surface area contributed by atoms with Crippen LogP contribution in [0.15, 0.2) is 53.9 Å². The van der Waals surface area contributed by atoms with Gasteiger partial charge in [0, 0.05) is 48.2 Å². The highest BCUT2D eigenvalue weighted by atomic mass is 35.5. The van der Waals surface area contributed by atoms with Crippen molar-refractivity contribution in [1.82, 2.24) is 9.80 Å². The van der Waals surface area contributed by atoms with Crippen LogP contribution in [0, 0.1) is 0 Å². The first-order valence-corrected chi connectivity index (χ1v) is 11.5. The molecule has 0 atom stereocenters. The molecule has 2 aromatic carbocycles. The summed E-state index contributed by atoms with van der Waals surface area (Å²) in [5, 5.41) is 3.64. The summed E-state index contributed by atoms with van der Waals surface area (Å²) >= 11 is 1.82. The van der Waals surface area contributed by atoms with E-state index in [2.05, 4.69) is 39.4 Å². The lowest BCUT2D eigenvalue weighted by molar-refractivity contribution is 0.0650. The van der Waals surface area contributed by atoms with E-state index in [0.29, 0.717) is 17.7 Å². The Balaban J connectivity index is 0.00000231. The van der Waals surface area contributed by atoms with E-state index in [1.54, 1.807) is 12.1 Å². The molecule has 0 bridgehead atoms. The standard InChI is InChI=1S/C24H25N3O2S.ClH/c28-23-18-7-1-2-8-19(18)24(29)27(23)12-6-5-11-25-13-15-26(16-14-25)21-17-30-22-10-4-3-9-20(21)22;/h1-4,7-10,17H,5-6,11-16H2;1H. The summed E-state index contributed by atoms with van der Waals surface area (Å²) in [6.45, 7) is 5.71. The summed E-state index contributed by atoms with van der Waals surface area (Å²) in [5.41, 5.74) is 2.44. The van der Waals surface area contributed by atoms with Crippen molar-refractivity contribution in [2.45, 2.75) is 12.8 Å². The molecule has 1 fully saturated rings. The van der Waals surface area contributed by atoms with Crippen LogP contribution in [0.2, 0.25) is 0 Å². The fourth-order valence-corrected chi connectivity index (χ4v) is 5.44. The van der Waals surface area contributed by atoms with Gasteiger partial charge in [-0.3, -0.25) is 19.4 Å². The minimum absolute atomic E-state index is 0. The van der Waals surface area contributed by atoms with Gasteiger partial charge in [0.2, 0.25) is 0 Å². The van der Waals surface area contributed by atoms with Gasteiger partial charge in [-0.2, -0.15) is 0 Å². The molecule has 1 aromatic heterocycles. The van der Waals surface area contributed by atoms with Crippen LogP contribution < -0.4 is 4.90 Å². The van der Waals surface area contributed by atoms with E-state index in [-0.39, 0.29) is 24.2 Å². The minimum Gasteiger partial charge on any atom is -0.368 e. The summed E-state index contributed by atoms with van der Waals surface area (Å²) in [6.07, 6.45) is 1.84. The van der Waals surface area contributed by atoms with Gasteiger partial charge in [0.15, 0.2) is 0 Å². The van der Waals surface area contributed by atoms with Crippen LogP contribution >= 0.6 is 23.7 Å². The smallest absolute Gasteiger partial charge is 0.261 e. The number of carbonyl (C=O) groups is 2. The highest BCUT2D eigenvalue weighted by Crippen LogP contribution is 2.33. The normalized spacial score (nSPS) is 16.6. The first-order valence-electron chi connectivity index (χ1n) is 10.6. The number of hydrogen-bond acceptors (Lipinski definition) is 5. The van der Waals surface area contributed by atoms with Gasteiger partial charge in [-0.05, 0) is 37.6 Å². The maximum absolute atomic E-state index is 12.4. The molecule has 0 N–H and O–H groups in total. The van der Waals surface area contributed by atoms with Gasteiger partial charge in [0.05, 0.1) is 16.8 Å². The maximum Gasteiger partial charge on any atom is 0.261 e. The van der Waals surface area contributed by atoms with Gasteiger partial charge < -0.3 is 4.90 Å². The molecule has 2 aliphatic rings. The molecule has 7 heteroatoms. The molecule has 1 saturated heterocycles. The van der Waals surface area contributed by atoms with E-state index in [4.69, 9.17) is 0 Å². The lowest BCUT2D eigenvalue weighted by Crippen LogP contribution is -2.46. The number of hydrogen-bond donors (Lipinski definition) is 0. The number of nitrogens with zero attached hydrogens (tertiary/aromatic N) is 3. The third kappa shape index (κ3) is 4.20. The van der Waals surface area contributed by atoms with Crippen LogP contribution in [0.4, 0.5) is 5.69 Å². The van der Waals surface area contributed by atoms with Crippen LogP contribution in [-0.4, -0.2) is 60.9 Å². The van der Waals surface area contributed by atoms with Crippen LogP contribution in [0.5, 0.6) is 0 Å². The molecule has 3 aromatic rings. The molecule has 31 heavy (non-hydrogen) atoms. The third-order valence-corrected chi connectivity index (χ3v) is 7.11. The summed E-state index contributed by atoms with van der Waals surface area (Å²) in [5.74, 6) is -0.292. The molecule has 2 amide bonds. The molecule has 0 radical (unpaired) electrons. The number of fused-ring (bicyclic) bond motifs is 2. The van der Waals surface area contributed by atoms with Crippen molar-refractivity contribution in [1.29, 1.82) is 0 Å². The molecule has 3 heterocycles. The number of unbranched alkanes of at least 4 members (excludes halogenated alkanes) is 1. The molecule has 5 rings (SSSR count). The molecule has 0 saturated carbocycles. The monoisotopic (exact) mass is 455 g/mol. The zero-order chi connectivity index (χ0) is 20.5. The maximum atomic E-state index is 12.4. The number of halogens is 1. The van der Waals surface area contributed by atoms with Gasteiger partial charge in [-0.15, -0.1) is 23.7 Å². The fourth-order valence-electron chi connectivity index (χ4n) is 4.47. The second-order valence-corrected chi connectivity index (χ2v) is 8.87. The Hall–Kier alpha value is -2.41. The van der Waals surface area contributed by atoms with E-state index in [1.807, 2.05) is 23.5 Å². The van der Waals surface area contributed by atoms with E-state index < -0.39 is 0 Å². The first kappa shape index (κ1) is 21.8. The number of rotatable bonds is 6. The van der Waals surface area contributed by atoms with Crippen molar-refractivity contribution in [3.63, 3.8) is 0 Å². The lowest BCUT2D eigenvalue weighted by Gasteiger charge is -2.36. The molecular formula is C24H26ClN3O2S. The molecule has 0 aliphatic carbocycles. The van der Waals surface area contributed by atoms with E-state index in [0.717, 1.165) is 45.6 Å². The topological polar surface area (TPSA) is 43.9 Å². The first-order chi connectivity index (χ1) is 14.7. The summed E-state index contributed by atoms with van der Waals surface area (Å²) in [4.78, 5) is 31.3. The summed E-state index contributed by atoms with van der Waals surface area (Å²) in [7, 11) is 0. The molecular weight excluding hydrogens is 430 g/mol. The van der Waals surface area contributed by atoms with Crippen LogP contribution in [0.1, 0.15) is 33.6 Å². The minimum atomic E-state index is -0.146. The second-order valence-electron chi connectivity index (χ2n) is 7.96. The molecule has 5 nitrogen and oxygen atoms in total. The Labute approximate surface area is 192 Å². The van der Waals surface area contributed by atoms with Gasteiger partial charge in [0.25, 0.3) is 11.8 Å². The van der Waals surface area contributed by atoms with Crippen molar-refractivity contribution in [3.05, 3.63) is 65.0 Å². The molecule has 2 aliphatic heterocycles. The molecule has 0 unspecified atom stereocenters. The Bertz CT molecular complexity index is 1060. The largest absolute Gasteiger partial charge is 0.368 e. The highest BCUT2D eigenvalue weighted by Gasteiger charge is 2.34. The average Bonchev–Trinajstić information content (AvgIpc) is 3.32. The summed E-state index contributed by atoms with van der Waals surface area (Å²) in [6, 6.07) is 15.7. The van der Waals surface area contributed by atoms with Gasteiger partial charge >= 0.3 is 0 Å².